The van der Waals surface area contributed by atoms with Gasteiger partial charge >= 0.3 is 0 Å². The van der Waals surface area contributed by atoms with Crippen molar-refractivity contribution in [2.75, 3.05) is 38.3 Å². The molecule has 0 radical (unpaired) electrons. The second-order valence-electron chi connectivity index (χ2n) is 9.05. The van der Waals surface area contributed by atoms with Gasteiger partial charge in [0.05, 0.1) is 30.4 Å². The largest absolute Gasteiger partial charge is 0.507 e. The summed E-state index contributed by atoms with van der Waals surface area (Å²) >= 11 is 0. The molecule has 0 spiro atoms. The van der Waals surface area contributed by atoms with Gasteiger partial charge in [-0.3, -0.25) is 9.59 Å². The van der Waals surface area contributed by atoms with Crippen LogP contribution >= 0.6 is 0 Å². The molecule has 7 nitrogen and oxygen atoms in total. The normalized spacial score (nSPS) is 21.5. The molecule has 2 fully saturated rings. The number of anilines is 1. The highest BCUT2D eigenvalue weighted by atomic mass is 16.5. The Labute approximate surface area is 206 Å². The SMILES string of the molecule is CCN(CC)c1ccc(C2/C(=C(\O)c3cc(C)ccc3OC)C(=O)C(=O)N2CC2CCCO2)cc1. The number of carbonyl (C=O) groups excluding carboxylic acids is 2. The van der Waals surface area contributed by atoms with Crippen LogP contribution in [0.15, 0.2) is 48.0 Å². The van der Waals surface area contributed by atoms with Crippen molar-refractivity contribution in [3.05, 3.63) is 64.7 Å². The number of likely N-dealkylation sites (tertiary alicyclic amines) is 1. The molecule has 35 heavy (non-hydrogen) atoms. The summed E-state index contributed by atoms with van der Waals surface area (Å²) in [7, 11) is 1.51. The lowest BCUT2D eigenvalue weighted by atomic mass is 9.94. The van der Waals surface area contributed by atoms with Crippen LogP contribution in [-0.4, -0.2) is 61.2 Å². The van der Waals surface area contributed by atoms with Gasteiger partial charge in [-0.15, -0.1) is 0 Å². The Morgan fingerprint density at radius 1 is 1.14 bits per heavy atom. The fourth-order valence-corrected chi connectivity index (χ4v) is 5.03. The van der Waals surface area contributed by atoms with Gasteiger partial charge in [-0.2, -0.15) is 0 Å². The predicted molar refractivity (Wildman–Crippen MR) is 136 cm³/mol. The lowest BCUT2D eigenvalue weighted by Crippen LogP contribution is -2.36. The summed E-state index contributed by atoms with van der Waals surface area (Å²) in [5.41, 5.74) is 3.21. The Morgan fingerprint density at radius 3 is 2.46 bits per heavy atom. The third-order valence-electron chi connectivity index (χ3n) is 6.91. The van der Waals surface area contributed by atoms with Crippen LogP contribution in [0.25, 0.3) is 5.76 Å². The van der Waals surface area contributed by atoms with Gasteiger partial charge in [0.2, 0.25) is 0 Å². The van der Waals surface area contributed by atoms with E-state index in [1.54, 1.807) is 17.0 Å². The van der Waals surface area contributed by atoms with Crippen LogP contribution in [0.5, 0.6) is 5.75 Å². The zero-order chi connectivity index (χ0) is 25.1. The smallest absolute Gasteiger partial charge is 0.295 e. The average molecular weight is 479 g/mol. The van der Waals surface area contributed by atoms with Gasteiger partial charge in [-0.25, -0.2) is 0 Å². The van der Waals surface area contributed by atoms with Crippen LogP contribution in [-0.2, 0) is 14.3 Å². The number of Topliss-reactive ketones (excluding diaryl/α,β-unsaturated/α-hetero) is 1. The standard InChI is InChI=1S/C28H34N2O5/c1-5-29(6-2)20-12-10-19(11-13-20)25-24(26(31)22-16-18(3)9-14-23(22)34-4)27(32)28(33)30(25)17-21-8-7-15-35-21/h9-14,16,21,25,31H,5-8,15,17H2,1-4H3/b26-24+. The van der Waals surface area contributed by atoms with E-state index in [4.69, 9.17) is 9.47 Å². The van der Waals surface area contributed by atoms with Gasteiger partial charge in [0.15, 0.2) is 0 Å². The van der Waals surface area contributed by atoms with E-state index >= 15 is 0 Å². The van der Waals surface area contributed by atoms with E-state index in [0.717, 1.165) is 42.7 Å². The van der Waals surface area contributed by atoms with E-state index in [0.29, 0.717) is 24.5 Å². The molecule has 0 aliphatic carbocycles. The number of aliphatic hydroxyl groups excluding tert-OH is 1. The maximum atomic E-state index is 13.3. The number of benzene rings is 2. The van der Waals surface area contributed by atoms with Crippen molar-refractivity contribution >= 4 is 23.1 Å². The molecular weight excluding hydrogens is 444 g/mol. The summed E-state index contributed by atoms with van der Waals surface area (Å²) in [6, 6.07) is 12.6. The zero-order valence-electron chi connectivity index (χ0n) is 20.9. The molecule has 1 N–H and O–H groups in total. The van der Waals surface area contributed by atoms with Crippen molar-refractivity contribution in [3.8, 4) is 5.75 Å². The van der Waals surface area contributed by atoms with E-state index in [-0.39, 0.29) is 17.4 Å². The molecule has 2 atom stereocenters. The third-order valence-corrected chi connectivity index (χ3v) is 6.91. The maximum absolute atomic E-state index is 13.3. The van der Waals surface area contributed by atoms with Gasteiger partial charge in [0, 0.05) is 31.9 Å². The molecule has 0 bridgehead atoms. The van der Waals surface area contributed by atoms with Crippen molar-refractivity contribution in [1.82, 2.24) is 4.90 Å². The molecule has 186 valence electrons. The van der Waals surface area contributed by atoms with E-state index in [2.05, 4.69) is 18.7 Å². The maximum Gasteiger partial charge on any atom is 0.295 e. The first-order valence-electron chi connectivity index (χ1n) is 12.3. The molecule has 2 unspecified atom stereocenters. The summed E-state index contributed by atoms with van der Waals surface area (Å²) in [6.45, 7) is 8.80. The van der Waals surface area contributed by atoms with Gasteiger partial charge in [-0.05, 0) is 63.4 Å². The highest BCUT2D eigenvalue weighted by Crippen LogP contribution is 2.42. The number of methoxy groups -OCH3 is 1. The fraction of sp³-hybridized carbons (Fsp3) is 0.429. The number of hydrogen-bond acceptors (Lipinski definition) is 6. The molecule has 2 aromatic rings. The minimum absolute atomic E-state index is 0.0764. The first-order valence-corrected chi connectivity index (χ1v) is 12.3. The Kier molecular flexibility index (Phi) is 7.45. The molecule has 2 heterocycles. The van der Waals surface area contributed by atoms with E-state index in [9.17, 15) is 14.7 Å². The summed E-state index contributed by atoms with van der Waals surface area (Å²) in [5.74, 6) is -1.10. The predicted octanol–water partition coefficient (Wildman–Crippen LogP) is 4.45. The molecule has 2 aromatic carbocycles. The minimum Gasteiger partial charge on any atom is -0.507 e. The van der Waals surface area contributed by atoms with Crippen LogP contribution in [0.3, 0.4) is 0 Å². The lowest BCUT2D eigenvalue weighted by Gasteiger charge is -2.28. The second kappa shape index (κ2) is 10.5. The van der Waals surface area contributed by atoms with Crippen molar-refractivity contribution in [3.63, 3.8) is 0 Å². The first kappa shape index (κ1) is 24.8. The monoisotopic (exact) mass is 478 g/mol. The number of carbonyl (C=O) groups is 2. The molecule has 2 saturated heterocycles. The van der Waals surface area contributed by atoms with Crippen molar-refractivity contribution in [1.29, 1.82) is 0 Å². The van der Waals surface area contributed by atoms with Crippen molar-refractivity contribution in [2.24, 2.45) is 0 Å². The third kappa shape index (κ3) is 4.78. The van der Waals surface area contributed by atoms with Gasteiger partial charge < -0.3 is 24.4 Å². The summed E-state index contributed by atoms with van der Waals surface area (Å²) in [5, 5.41) is 11.4. The van der Waals surface area contributed by atoms with E-state index < -0.39 is 17.7 Å². The number of hydrogen-bond donors (Lipinski definition) is 1. The molecule has 2 aliphatic rings. The molecular formula is C28H34N2O5. The molecule has 4 rings (SSSR count). The average Bonchev–Trinajstić information content (AvgIpc) is 3.47. The topological polar surface area (TPSA) is 79.3 Å². The highest BCUT2D eigenvalue weighted by Gasteiger charge is 2.47. The quantitative estimate of drug-likeness (QED) is 0.343. The Morgan fingerprint density at radius 2 is 1.86 bits per heavy atom. The van der Waals surface area contributed by atoms with Gasteiger partial charge in [0.1, 0.15) is 11.5 Å². The number of ether oxygens (including phenoxy) is 2. The molecule has 0 saturated carbocycles. The molecule has 2 aliphatic heterocycles. The molecule has 1 amide bonds. The summed E-state index contributed by atoms with van der Waals surface area (Å²) in [4.78, 5) is 30.4. The van der Waals surface area contributed by atoms with Crippen LogP contribution in [0.1, 0.15) is 49.4 Å². The molecule has 0 aromatic heterocycles. The number of ketones is 1. The Bertz CT molecular complexity index is 1110. The minimum atomic E-state index is -0.713. The van der Waals surface area contributed by atoms with Gasteiger partial charge in [0.25, 0.3) is 11.7 Å². The summed E-state index contributed by atoms with van der Waals surface area (Å²) in [6.07, 6.45) is 1.64. The van der Waals surface area contributed by atoms with Gasteiger partial charge in [-0.1, -0.05) is 23.8 Å². The molecule has 7 heteroatoms. The van der Waals surface area contributed by atoms with Crippen LogP contribution in [0.4, 0.5) is 5.69 Å². The van der Waals surface area contributed by atoms with E-state index in [1.807, 2.05) is 37.3 Å². The summed E-state index contributed by atoms with van der Waals surface area (Å²) < 4.78 is 11.2. The van der Waals surface area contributed by atoms with Crippen LogP contribution in [0, 0.1) is 6.92 Å². The zero-order valence-corrected chi connectivity index (χ0v) is 20.9. The Hall–Kier alpha value is -3.32. The number of nitrogens with zero attached hydrogens (tertiary/aromatic N) is 2. The highest BCUT2D eigenvalue weighted by molar-refractivity contribution is 6.46. The Balaban J connectivity index is 1.84. The first-order chi connectivity index (χ1) is 16.9. The fourth-order valence-electron chi connectivity index (χ4n) is 5.03. The van der Waals surface area contributed by atoms with Crippen molar-refractivity contribution < 1.29 is 24.2 Å². The van der Waals surface area contributed by atoms with Crippen molar-refractivity contribution in [2.45, 2.75) is 45.8 Å². The van der Waals surface area contributed by atoms with Crippen LogP contribution < -0.4 is 9.64 Å². The second-order valence-corrected chi connectivity index (χ2v) is 9.05. The number of rotatable bonds is 8. The number of amides is 1. The number of aliphatic hydroxyl groups is 1. The lowest BCUT2D eigenvalue weighted by molar-refractivity contribution is -0.140. The van der Waals surface area contributed by atoms with Crippen LogP contribution in [0.2, 0.25) is 0 Å². The number of aryl methyl sites for hydroxylation is 1. The van der Waals surface area contributed by atoms with E-state index in [1.165, 1.54) is 7.11 Å².